The van der Waals surface area contributed by atoms with Gasteiger partial charge in [-0.25, -0.2) is 0 Å². The molecule has 8 aromatic rings. The van der Waals surface area contributed by atoms with Crippen LogP contribution < -0.4 is 9.80 Å². The minimum absolute atomic E-state index is 0.0582. The molecule has 0 N–H and O–H groups in total. The van der Waals surface area contributed by atoms with Gasteiger partial charge in [-0.3, -0.25) is 0 Å². The Morgan fingerprint density at radius 1 is 0.234 bits per heavy atom. The van der Waals surface area contributed by atoms with Crippen molar-refractivity contribution in [1.82, 2.24) is 0 Å². The lowest BCUT2D eigenvalue weighted by atomic mass is 9.67. The molecule has 0 fully saturated rings. The first kappa shape index (κ1) is 52.4. The van der Waals surface area contributed by atoms with E-state index in [2.05, 4.69) is 275 Å². The van der Waals surface area contributed by atoms with Gasteiger partial charge in [-0.05, 0) is 214 Å². The molecule has 0 radical (unpaired) electrons. The summed E-state index contributed by atoms with van der Waals surface area (Å²) in [5.41, 5.74) is 24.1. The van der Waals surface area contributed by atoms with Crippen LogP contribution in [0.25, 0.3) is 33.4 Å². The van der Waals surface area contributed by atoms with Crippen molar-refractivity contribution in [2.24, 2.45) is 35.5 Å². The maximum absolute atomic E-state index is 2.61. The second-order valence-corrected chi connectivity index (χ2v) is 26.2. The molecule has 0 aliphatic heterocycles. The van der Waals surface area contributed by atoms with Crippen LogP contribution in [-0.2, 0) is 16.2 Å². The van der Waals surface area contributed by atoms with Gasteiger partial charge in [0, 0.05) is 50.4 Å². The van der Waals surface area contributed by atoms with E-state index >= 15 is 0 Å². The van der Waals surface area contributed by atoms with E-state index in [0.717, 1.165) is 38.5 Å². The summed E-state index contributed by atoms with van der Waals surface area (Å²) in [6.07, 6.45) is 6.60. The third kappa shape index (κ3) is 9.16. The summed E-state index contributed by atoms with van der Waals surface area (Å²) < 4.78 is 0. The first-order valence-corrected chi connectivity index (χ1v) is 29.5. The lowest BCUT2D eigenvalue weighted by molar-refractivity contribution is 0.337. The van der Waals surface area contributed by atoms with Crippen LogP contribution in [-0.4, -0.2) is 0 Å². The van der Waals surface area contributed by atoms with Crippen LogP contribution in [0, 0.1) is 35.5 Å². The molecule has 77 heavy (non-hydrogen) atoms. The summed E-state index contributed by atoms with van der Waals surface area (Å²) in [6, 6.07) is 70.8. The molecular formula is C75H84N2. The predicted octanol–water partition coefficient (Wildman–Crippen LogP) is 21.7. The van der Waals surface area contributed by atoms with E-state index in [1.165, 1.54) is 101 Å². The lowest BCUT2D eigenvalue weighted by Gasteiger charge is -2.38. The van der Waals surface area contributed by atoms with Gasteiger partial charge in [0.1, 0.15) is 0 Å². The summed E-state index contributed by atoms with van der Waals surface area (Å²) >= 11 is 0. The third-order valence-electron chi connectivity index (χ3n) is 17.4. The van der Waals surface area contributed by atoms with Crippen molar-refractivity contribution in [1.29, 1.82) is 0 Å². The van der Waals surface area contributed by atoms with Crippen LogP contribution in [0.2, 0.25) is 0 Å². The van der Waals surface area contributed by atoms with Crippen LogP contribution in [0.15, 0.2) is 182 Å². The highest BCUT2D eigenvalue weighted by atomic mass is 15.1. The average molecular weight is 1010 g/mol. The van der Waals surface area contributed by atoms with Crippen molar-refractivity contribution < 1.29 is 0 Å². The van der Waals surface area contributed by atoms with E-state index in [4.69, 9.17) is 0 Å². The molecule has 8 aromatic carbocycles. The topological polar surface area (TPSA) is 6.48 Å². The fourth-order valence-electron chi connectivity index (χ4n) is 15.7. The third-order valence-corrected chi connectivity index (χ3v) is 17.4. The fraction of sp³-hybridized carbons (Fsp3) is 0.360. The van der Waals surface area contributed by atoms with E-state index in [1.54, 1.807) is 0 Å². The molecule has 394 valence electrons. The first-order valence-electron chi connectivity index (χ1n) is 29.5. The molecule has 0 saturated heterocycles. The molecule has 3 aliphatic rings. The average Bonchev–Trinajstić information content (AvgIpc) is 3.91. The zero-order valence-corrected chi connectivity index (χ0v) is 48.4. The second-order valence-electron chi connectivity index (χ2n) is 26.2. The highest BCUT2D eigenvalue weighted by Crippen LogP contribution is 2.61. The molecule has 11 rings (SSSR count). The van der Waals surface area contributed by atoms with E-state index in [9.17, 15) is 0 Å². The van der Waals surface area contributed by atoms with E-state index in [1.807, 2.05) is 0 Å². The van der Waals surface area contributed by atoms with Gasteiger partial charge in [0.05, 0.1) is 0 Å². The zero-order chi connectivity index (χ0) is 54.0. The number of anilines is 6. The molecular weight excluding hydrogens is 929 g/mol. The van der Waals surface area contributed by atoms with E-state index in [0.29, 0.717) is 35.5 Å². The summed E-state index contributed by atoms with van der Waals surface area (Å²) in [4.78, 5) is 5.12. The van der Waals surface area contributed by atoms with Crippen LogP contribution in [0.4, 0.5) is 34.1 Å². The molecule has 0 heterocycles. The van der Waals surface area contributed by atoms with Crippen LogP contribution in [0.5, 0.6) is 0 Å². The monoisotopic (exact) mass is 1010 g/mol. The molecule has 0 bridgehead atoms. The molecule has 2 nitrogen and oxygen atoms in total. The Hall–Kier alpha value is -6.64. The first-order chi connectivity index (χ1) is 37.0. The summed E-state index contributed by atoms with van der Waals surface area (Å²) in [6.45, 7) is 29.0. The predicted molar refractivity (Wildman–Crippen MR) is 331 cm³/mol. The Morgan fingerprint density at radius 3 is 0.714 bits per heavy atom. The smallest absolute Gasteiger partial charge is 0.0465 e. The van der Waals surface area contributed by atoms with Gasteiger partial charge in [-0.1, -0.05) is 192 Å². The SMILES string of the molecule is CC(C)CC1(CC(C)C)c2ccccc2-c2ccc(N(c3ccccc3)c3ccc4c(c3)C(CC(C)C)(CC(C)C)c3cc(N(c5ccccc5)c5ccc6c(c5)C(CC(C)C)(CC(C)C)c5ccccc5-6)ccc3-4)cc21. The molecule has 0 atom stereocenters. The van der Waals surface area contributed by atoms with Crippen molar-refractivity contribution in [3.05, 3.63) is 215 Å². The van der Waals surface area contributed by atoms with E-state index < -0.39 is 0 Å². The number of rotatable bonds is 18. The highest BCUT2D eigenvalue weighted by molar-refractivity contribution is 5.91. The van der Waals surface area contributed by atoms with Crippen LogP contribution in [0.3, 0.4) is 0 Å². The van der Waals surface area contributed by atoms with Gasteiger partial charge < -0.3 is 9.80 Å². The van der Waals surface area contributed by atoms with Crippen LogP contribution >= 0.6 is 0 Å². The Kier molecular flexibility index (Phi) is 14.0. The normalized spacial score (nSPS) is 15.0. The number of hydrogen-bond acceptors (Lipinski definition) is 2. The second kappa shape index (κ2) is 20.6. The quantitative estimate of drug-likeness (QED) is 0.0845. The van der Waals surface area contributed by atoms with Gasteiger partial charge in [-0.2, -0.15) is 0 Å². The molecule has 0 saturated carbocycles. The Labute approximate surface area is 463 Å². The number of para-hydroxylation sites is 2. The summed E-state index contributed by atoms with van der Waals surface area (Å²) in [5, 5.41) is 0. The lowest BCUT2D eigenvalue weighted by Crippen LogP contribution is -2.30. The van der Waals surface area contributed by atoms with Gasteiger partial charge in [0.25, 0.3) is 0 Å². The maximum atomic E-state index is 2.61. The van der Waals surface area contributed by atoms with Crippen molar-refractivity contribution in [2.75, 3.05) is 9.80 Å². The van der Waals surface area contributed by atoms with Gasteiger partial charge in [-0.15, -0.1) is 0 Å². The summed E-state index contributed by atoms with van der Waals surface area (Å²) in [5.74, 6) is 3.13. The molecule has 2 heteroatoms. The van der Waals surface area contributed by atoms with Gasteiger partial charge in [0.15, 0.2) is 0 Å². The molecule has 0 spiro atoms. The number of fused-ring (bicyclic) bond motifs is 9. The van der Waals surface area contributed by atoms with Gasteiger partial charge >= 0.3 is 0 Å². The Balaban J connectivity index is 1.08. The number of benzene rings is 8. The van der Waals surface area contributed by atoms with E-state index in [-0.39, 0.29) is 16.2 Å². The Bertz CT molecular complexity index is 3160. The van der Waals surface area contributed by atoms with Crippen molar-refractivity contribution in [3.8, 4) is 33.4 Å². The Morgan fingerprint density at radius 2 is 0.455 bits per heavy atom. The van der Waals surface area contributed by atoms with Crippen molar-refractivity contribution in [3.63, 3.8) is 0 Å². The number of hydrogen-bond donors (Lipinski definition) is 0. The molecule has 3 aliphatic carbocycles. The minimum atomic E-state index is -0.212. The van der Waals surface area contributed by atoms with Crippen LogP contribution in [0.1, 0.15) is 155 Å². The number of nitrogens with zero attached hydrogens (tertiary/aromatic N) is 2. The largest absolute Gasteiger partial charge is 0.310 e. The fourth-order valence-corrected chi connectivity index (χ4v) is 15.7. The molecule has 0 aromatic heterocycles. The molecule has 0 amide bonds. The standard InChI is InChI=1S/C75H84N2/c1-49(2)43-73(44-50(3)4)67-29-21-19-27-61(67)63-35-31-57(39-69(63)73)76(55-23-15-13-16-24-55)59-33-37-65-66-38-34-60(42-72(66)75(47-53(9)10,48-54(11)12)71(65)41-59)77(56-25-17-14-18-26-56)58-32-36-64-62-28-20-22-30-68(62)74(45-51(5)6,46-52(7)8)70(64)40-58/h13-42,49-54H,43-48H2,1-12H3. The highest BCUT2D eigenvalue weighted by Gasteiger charge is 2.48. The maximum Gasteiger partial charge on any atom is 0.0465 e. The van der Waals surface area contributed by atoms with Gasteiger partial charge in [0.2, 0.25) is 0 Å². The minimum Gasteiger partial charge on any atom is -0.310 e. The summed E-state index contributed by atoms with van der Waals surface area (Å²) in [7, 11) is 0. The molecule has 0 unspecified atom stereocenters. The van der Waals surface area contributed by atoms with Crippen molar-refractivity contribution in [2.45, 2.75) is 138 Å². The van der Waals surface area contributed by atoms with Crippen molar-refractivity contribution >= 4 is 34.1 Å². The zero-order valence-electron chi connectivity index (χ0n) is 48.4.